The summed E-state index contributed by atoms with van der Waals surface area (Å²) in [5.74, 6) is -0.486. The highest BCUT2D eigenvalue weighted by Crippen LogP contribution is 2.22. The van der Waals surface area contributed by atoms with Crippen molar-refractivity contribution in [2.24, 2.45) is 5.73 Å². The highest BCUT2D eigenvalue weighted by atomic mass is 16.5. The third kappa shape index (κ3) is 4.42. The Morgan fingerprint density at radius 2 is 1.95 bits per heavy atom. The number of ether oxygens (including phenoxy) is 1. The largest absolute Gasteiger partial charge is 0.393 e. The summed E-state index contributed by atoms with van der Waals surface area (Å²) in [6.07, 6.45) is 3.22. The smallest absolute Gasteiger partial charge is 0.313 e. The van der Waals surface area contributed by atoms with Gasteiger partial charge in [-0.2, -0.15) is 0 Å². The standard InChI is InChI=1S/C16H17N3O2/c17-16(18)21-15(20)10-4-9-14-13(8-5-11-19-14)12-6-2-1-3-7-12/h1-3,5-8,11H,4,9-10H2,(H3,17,18). The van der Waals surface area contributed by atoms with Crippen molar-refractivity contribution in [1.82, 2.24) is 4.98 Å². The number of nitrogens with two attached hydrogens (primary N) is 1. The first-order valence-corrected chi connectivity index (χ1v) is 6.71. The van der Waals surface area contributed by atoms with Crippen molar-refractivity contribution in [1.29, 1.82) is 5.41 Å². The van der Waals surface area contributed by atoms with Crippen LogP contribution in [0.25, 0.3) is 11.1 Å². The molecule has 1 heterocycles. The molecule has 0 aliphatic heterocycles. The van der Waals surface area contributed by atoms with Crippen molar-refractivity contribution in [2.45, 2.75) is 19.3 Å². The van der Waals surface area contributed by atoms with Crippen LogP contribution in [-0.2, 0) is 16.0 Å². The molecule has 0 unspecified atom stereocenters. The topological polar surface area (TPSA) is 89.1 Å². The molecular weight excluding hydrogens is 266 g/mol. The zero-order valence-corrected chi connectivity index (χ0v) is 11.6. The molecule has 2 rings (SSSR count). The number of hydrogen-bond donors (Lipinski definition) is 2. The van der Waals surface area contributed by atoms with Crippen LogP contribution in [0.15, 0.2) is 48.7 Å². The van der Waals surface area contributed by atoms with Crippen molar-refractivity contribution in [2.75, 3.05) is 0 Å². The molecule has 0 aliphatic carbocycles. The molecule has 0 radical (unpaired) electrons. The number of amidine groups is 1. The Morgan fingerprint density at radius 1 is 1.19 bits per heavy atom. The van der Waals surface area contributed by atoms with Crippen LogP contribution >= 0.6 is 0 Å². The molecule has 0 fully saturated rings. The number of rotatable bonds is 5. The van der Waals surface area contributed by atoms with Gasteiger partial charge in [0, 0.05) is 23.9 Å². The van der Waals surface area contributed by atoms with Crippen LogP contribution in [0.1, 0.15) is 18.5 Å². The fourth-order valence-electron chi connectivity index (χ4n) is 2.09. The molecule has 108 valence electrons. The number of nitrogens with one attached hydrogen (secondary N) is 1. The molecule has 0 spiro atoms. The zero-order valence-electron chi connectivity index (χ0n) is 11.6. The van der Waals surface area contributed by atoms with Gasteiger partial charge in [0.2, 0.25) is 0 Å². The van der Waals surface area contributed by atoms with Gasteiger partial charge in [0.25, 0.3) is 6.02 Å². The number of hydrogen-bond acceptors (Lipinski definition) is 4. The first kappa shape index (κ1) is 14.7. The minimum atomic E-state index is -0.567. The molecule has 0 saturated heterocycles. The predicted octanol–water partition coefficient (Wildman–Crippen LogP) is 2.51. The first-order chi connectivity index (χ1) is 10.2. The number of nitrogens with zero attached hydrogens (tertiary/aromatic N) is 1. The lowest BCUT2D eigenvalue weighted by Crippen LogP contribution is -2.19. The number of carbonyl (C=O) groups excluding carboxylic acids is 1. The molecule has 0 amide bonds. The van der Waals surface area contributed by atoms with E-state index >= 15 is 0 Å². The summed E-state index contributed by atoms with van der Waals surface area (Å²) in [6, 6.07) is 13.4. The minimum absolute atomic E-state index is 0.213. The number of benzene rings is 1. The summed E-state index contributed by atoms with van der Waals surface area (Å²) in [5, 5.41) is 6.89. The Kier molecular flexibility index (Phi) is 5.04. The Morgan fingerprint density at radius 3 is 2.67 bits per heavy atom. The van der Waals surface area contributed by atoms with Crippen LogP contribution in [0.4, 0.5) is 0 Å². The fourth-order valence-corrected chi connectivity index (χ4v) is 2.09. The lowest BCUT2D eigenvalue weighted by Gasteiger charge is -2.08. The number of aromatic nitrogens is 1. The van der Waals surface area contributed by atoms with E-state index in [2.05, 4.69) is 9.72 Å². The number of esters is 1. The van der Waals surface area contributed by atoms with E-state index in [1.54, 1.807) is 6.20 Å². The third-order valence-electron chi connectivity index (χ3n) is 2.99. The van der Waals surface area contributed by atoms with Gasteiger partial charge in [-0.05, 0) is 24.5 Å². The average Bonchev–Trinajstić information content (AvgIpc) is 2.48. The van der Waals surface area contributed by atoms with Gasteiger partial charge >= 0.3 is 5.97 Å². The summed E-state index contributed by atoms with van der Waals surface area (Å²) < 4.78 is 4.50. The van der Waals surface area contributed by atoms with Crippen molar-refractivity contribution in [3.8, 4) is 11.1 Å². The molecule has 5 heteroatoms. The van der Waals surface area contributed by atoms with Gasteiger partial charge in [-0.3, -0.25) is 15.2 Å². The van der Waals surface area contributed by atoms with Gasteiger partial charge in [0.05, 0.1) is 0 Å². The van der Waals surface area contributed by atoms with E-state index in [0.29, 0.717) is 12.8 Å². The van der Waals surface area contributed by atoms with Crippen LogP contribution < -0.4 is 5.73 Å². The van der Waals surface area contributed by atoms with Crippen LogP contribution in [0, 0.1) is 5.41 Å². The number of pyridine rings is 1. The van der Waals surface area contributed by atoms with Crippen LogP contribution in [0.2, 0.25) is 0 Å². The number of aryl methyl sites for hydroxylation is 1. The highest BCUT2D eigenvalue weighted by Gasteiger charge is 2.08. The maximum absolute atomic E-state index is 11.3. The second-order valence-corrected chi connectivity index (χ2v) is 4.56. The van der Waals surface area contributed by atoms with Crippen LogP contribution in [0.5, 0.6) is 0 Å². The summed E-state index contributed by atoms with van der Waals surface area (Å²) in [4.78, 5) is 15.7. The van der Waals surface area contributed by atoms with Gasteiger partial charge in [-0.25, -0.2) is 0 Å². The summed E-state index contributed by atoms with van der Waals surface area (Å²) in [5.41, 5.74) is 8.12. The normalized spacial score (nSPS) is 10.1. The SMILES string of the molecule is N=C(N)OC(=O)CCCc1ncccc1-c1ccccc1. The Bertz CT molecular complexity index is 626. The van der Waals surface area contributed by atoms with Gasteiger partial charge in [-0.1, -0.05) is 36.4 Å². The monoisotopic (exact) mass is 283 g/mol. The van der Waals surface area contributed by atoms with Gasteiger partial charge < -0.3 is 10.5 Å². The molecular formula is C16H17N3O2. The second kappa shape index (κ2) is 7.19. The van der Waals surface area contributed by atoms with Crippen LogP contribution in [-0.4, -0.2) is 17.0 Å². The lowest BCUT2D eigenvalue weighted by atomic mass is 10.0. The van der Waals surface area contributed by atoms with Crippen molar-refractivity contribution in [3.63, 3.8) is 0 Å². The Labute approximate surface area is 123 Å². The first-order valence-electron chi connectivity index (χ1n) is 6.71. The number of carbonyl (C=O) groups is 1. The second-order valence-electron chi connectivity index (χ2n) is 4.56. The van der Waals surface area contributed by atoms with E-state index in [0.717, 1.165) is 16.8 Å². The van der Waals surface area contributed by atoms with E-state index in [4.69, 9.17) is 11.1 Å². The van der Waals surface area contributed by atoms with Crippen molar-refractivity contribution >= 4 is 12.0 Å². The summed E-state index contributed by atoms with van der Waals surface area (Å²) >= 11 is 0. The molecule has 3 N–H and O–H groups in total. The summed E-state index contributed by atoms with van der Waals surface area (Å²) in [6.45, 7) is 0. The Balaban J connectivity index is 2.01. The molecule has 21 heavy (non-hydrogen) atoms. The quantitative estimate of drug-likeness (QED) is 0.501. The molecule has 1 aromatic heterocycles. The van der Waals surface area contributed by atoms with E-state index < -0.39 is 12.0 Å². The van der Waals surface area contributed by atoms with E-state index in [1.807, 2.05) is 42.5 Å². The molecule has 0 aliphatic rings. The molecule has 1 aromatic carbocycles. The molecule has 0 saturated carbocycles. The highest BCUT2D eigenvalue weighted by molar-refractivity contribution is 5.84. The molecule has 0 bridgehead atoms. The zero-order chi connectivity index (χ0) is 15.1. The summed E-state index contributed by atoms with van der Waals surface area (Å²) in [7, 11) is 0. The minimum Gasteiger partial charge on any atom is -0.393 e. The average molecular weight is 283 g/mol. The molecule has 0 atom stereocenters. The van der Waals surface area contributed by atoms with E-state index in [9.17, 15) is 4.79 Å². The van der Waals surface area contributed by atoms with Crippen molar-refractivity contribution < 1.29 is 9.53 Å². The molecule has 2 aromatic rings. The fraction of sp³-hybridized carbons (Fsp3) is 0.188. The molecule has 5 nitrogen and oxygen atoms in total. The lowest BCUT2D eigenvalue weighted by molar-refractivity contribution is -0.135. The van der Waals surface area contributed by atoms with Crippen LogP contribution in [0.3, 0.4) is 0 Å². The maximum Gasteiger partial charge on any atom is 0.313 e. The maximum atomic E-state index is 11.3. The van der Waals surface area contributed by atoms with Gasteiger partial charge in [0.15, 0.2) is 0 Å². The van der Waals surface area contributed by atoms with Gasteiger partial charge in [0.1, 0.15) is 0 Å². The van der Waals surface area contributed by atoms with E-state index in [-0.39, 0.29) is 6.42 Å². The Hall–Kier alpha value is -2.69. The van der Waals surface area contributed by atoms with Crippen molar-refractivity contribution in [3.05, 3.63) is 54.4 Å². The van der Waals surface area contributed by atoms with E-state index in [1.165, 1.54) is 0 Å². The van der Waals surface area contributed by atoms with Gasteiger partial charge in [-0.15, -0.1) is 0 Å². The predicted molar refractivity (Wildman–Crippen MR) is 80.6 cm³/mol. The third-order valence-corrected chi connectivity index (χ3v) is 2.99.